The minimum absolute atomic E-state index is 0.0438. The summed E-state index contributed by atoms with van der Waals surface area (Å²) < 4.78 is 7.25. The normalized spacial score (nSPS) is 10.7. The van der Waals surface area contributed by atoms with Crippen molar-refractivity contribution in [3.63, 3.8) is 0 Å². The molecule has 0 aliphatic carbocycles. The fraction of sp³-hybridized carbons (Fsp3) is 0.231. The molecule has 2 aromatic rings. The van der Waals surface area contributed by atoms with E-state index in [9.17, 15) is 4.79 Å². The second-order valence-corrected chi connectivity index (χ2v) is 4.71. The molecule has 0 unspecified atom stereocenters. The van der Waals surface area contributed by atoms with Crippen LogP contribution in [0.25, 0.3) is 0 Å². The number of hydrogen-bond donors (Lipinski definition) is 1. The van der Waals surface area contributed by atoms with Crippen molar-refractivity contribution in [1.82, 2.24) is 9.55 Å². The van der Waals surface area contributed by atoms with E-state index < -0.39 is 5.97 Å². The van der Waals surface area contributed by atoms with Gasteiger partial charge in [-0.25, -0.2) is 4.79 Å². The number of rotatable bonds is 4. The highest BCUT2D eigenvalue weighted by Gasteiger charge is 2.16. The Bertz CT molecular complexity index is 590. The molecule has 0 aliphatic rings. The predicted octanol–water partition coefficient (Wildman–Crippen LogP) is 3.61. The van der Waals surface area contributed by atoms with Crippen LogP contribution in [0.15, 0.2) is 30.5 Å². The Kier molecular flexibility index (Phi) is 3.76. The van der Waals surface area contributed by atoms with Crippen LogP contribution in [0.5, 0.6) is 11.8 Å². The van der Waals surface area contributed by atoms with Crippen LogP contribution in [0, 0.1) is 0 Å². The van der Waals surface area contributed by atoms with E-state index >= 15 is 0 Å². The molecule has 0 saturated carbocycles. The molecule has 1 N–H and O–H groups in total. The Labute approximate surface area is 115 Å². The van der Waals surface area contributed by atoms with Gasteiger partial charge in [-0.1, -0.05) is 11.6 Å². The summed E-state index contributed by atoms with van der Waals surface area (Å²) in [6.45, 7) is 3.84. The number of aromatic nitrogens is 2. The molecule has 0 bridgehead atoms. The smallest absolute Gasteiger partial charge is 0.356 e. The van der Waals surface area contributed by atoms with Gasteiger partial charge in [0.2, 0.25) is 0 Å². The van der Waals surface area contributed by atoms with E-state index in [1.807, 2.05) is 13.8 Å². The van der Waals surface area contributed by atoms with E-state index in [1.54, 1.807) is 28.8 Å². The first-order valence-electron chi connectivity index (χ1n) is 5.73. The van der Waals surface area contributed by atoms with E-state index in [-0.39, 0.29) is 17.7 Å². The molecule has 0 radical (unpaired) electrons. The molecular weight excluding hydrogens is 268 g/mol. The highest BCUT2D eigenvalue weighted by atomic mass is 35.5. The van der Waals surface area contributed by atoms with Crippen molar-refractivity contribution in [2.45, 2.75) is 19.9 Å². The lowest BCUT2D eigenvalue weighted by Crippen LogP contribution is -2.02. The molecule has 6 heteroatoms. The Morgan fingerprint density at radius 2 is 2.00 bits per heavy atom. The summed E-state index contributed by atoms with van der Waals surface area (Å²) in [4.78, 5) is 14.9. The fourth-order valence-electron chi connectivity index (χ4n) is 1.53. The number of carboxylic acid groups (broad SMARTS) is 1. The predicted molar refractivity (Wildman–Crippen MR) is 71.1 cm³/mol. The van der Waals surface area contributed by atoms with Crippen LogP contribution in [-0.4, -0.2) is 20.6 Å². The summed E-state index contributed by atoms with van der Waals surface area (Å²) in [6, 6.07) is 7.07. The quantitative estimate of drug-likeness (QED) is 0.929. The van der Waals surface area contributed by atoms with E-state index in [2.05, 4.69) is 4.98 Å². The van der Waals surface area contributed by atoms with Gasteiger partial charge in [0.1, 0.15) is 5.75 Å². The van der Waals surface area contributed by atoms with Gasteiger partial charge in [0, 0.05) is 17.3 Å². The Morgan fingerprint density at radius 1 is 1.37 bits per heavy atom. The Balaban J connectivity index is 2.32. The van der Waals surface area contributed by atoms with Crippen LogP contribution in [-0.2, 0) is 0 Å². The van der Waals surface area contributed by atoms with Gasteiger partial charge in [-0.05, 0) is 38.1 Å². The Hall–Kier alpha value is -2.01. The molecule has 0 fully saturated rings. The summed E-state index contributed by atoms with van der Waals surface area (Å²) in [5.74, 6) is -0.533. The maximum absolute atomic E-state index is 10.9. The van der Waals surface area contributed by atoms with Crippen molar-refractivity contribution in [2.24, 2.45) is 0 Å². The third-order valence-corrected chi connectivity index (χ3v) is 2.75. The summed E-state index contributed by atoms with van der Waals surface area (Å²) in [5.41, 5.74) is -0.0438. The number of imidazole rings is 1. The molecule has 100 valence electrons. The highest BCUT2D eigenvalue weighted by molar-refractivity contribution is 6.30. The molecule has 0 atom stereocenters. The average Bonchev–Trinajstić information content (AvgIpc) is 2.76. The van der Waals surface area contributed by atoms with E-state index in [0.29, 0.717) is 10.8 Å². The second-order valence-electron chi connectivity index (χ2n) is 4.27. The van der Waals surface area contributed by atoms with Crippen molar-refractivity contribution in [2.75, 3.05) is 0 Å². The summed E-state index contributed by atoms with van der Waals surface area (Å²) >= 11 is 5.79. The monoisotopic (exact) mass is 280 g/mol. The van der Waals surface area contributed by atoms with Crippen LogP contribution in [0.1, 0.15) is 30.4 Å². The largest absolute Gasteiger partial charge is 0.476 e. The van der Waals surface area contributed by atoms with E-state index in [4.69, 9.17) is 21.4 Å². The van der Waals surface area contributed by atoms with Crippen molar-refractivity contribution in [1.29, 1.82) is 0 Å². The molecule has 0 aliphatic heterocycles. The number of halogens is 1. The number of ether oxygens (including phenoxy) is 1. The molecule has 1 aromatic carbocycles. The van der Waals surface area contributed by atoms with Gasteiger partial charge in [-0.2, -0.15) is 4.98 Å². The van der Waals surface area contributed by atoms with Crippen LogP contribution in [0.2, 0.25) is 5.02 Å². The third kappa shape index (κ3) is 3.06. The number of nitrogens with zero attached hydrogens (tertiary/aromatic N) is 2. The lowest BCUT2D eigenvalue weighted by molar-refractivity contribution is 0.0690. The zero-order valence-corrected chi connectivity index (χ0v) is 11.3. The van der Waals surface area contributed by atoms with Crippen LogP contribution in [0.3, 0.4) is 0 Å². The molecule has 19 heavy (non-hydrogen) atoms. The molecule has 0 amide bonds. The van der Waals surface area contributed by atoms with Crippen LogP contribution >= 0.6 is 11.6 Å². The Morgan fingerprint density at radius 3 is 2.53 bits per heavy atom. The zero-order valence-electron chi connectivity index (χ0n) is 10.5. The van der Waals surface area contributed by atoms with Crippen molar-refractivity contribution in [3.05, 3.63) is 41.2 Å². The number of carboxylic acids is 1. The SMILES string of the molecule is CC(C)n1cc(C(=O)O)nc1Oc1ccc(Cl)cc1. The zero-order chi connectivity index (χ0) is 14.0. The van der Waals surface area contributed by atoms with Gasteiger partial charge in [0.05, 0.1) is 0 Å². The standard InChI is InChI=1S/C13H13ClN2O3/c1-8(2)16-7-11(12(17)18)15-13(16)19-10-5-3-9(14)4-6-10/h3-8H,1-2H3,(H,17,18). The van der Waals surface area contributed by atoms with Crippen LogP contribution in [0.4, 0.5) is 0 Å². The summed E-state index contributed by atoms with van der Waals surface area (Å²) in [6.07, 6.45) is 1.46. The topological polar surface area (TPSA) is 64.4 Å². The maximum Gasteiger partial charge on any atom is 0.356 e. The number of benzene rings is 1. The molecule has 2 rings (SSSR count). The molecule has 5 nitrogen and oxygen atoms in total. The van der Waals surface area contributed by atoms with Crippen molar-refractivity contribution in [3.8, 4) is 11.8 Å². The summed E-state index contributed by atoms with van der Waals surface area (Å²) in [7, 11) is 0. The number of hydrogen-bond acceptors (Lipinski definition) is 3. The lowest BCUT2D eigenvalue weighted by Gasteiger charge is -2.11. The second kappa shape index (κ2) is 5.32. The van der Waals surface area contributed by atoms with Crippen molar-refractivity contribution < 1.29 is 14.6 Å². The molecule has 1 heterocycles. The molecule has 1 aromatic heterocycles. The third-order valence-electron chi connectivity index (χ3n) is 2.50. The van der Waals surface area contributed by atoms with Gasteiger partial charge in [0.25, 0.3) is 0 Å². The first-order valence-corrected chi connectivity index (χ1v) is 6.10. The fourth-order valence-corrected chi connectivity index (χ4v) is 1.66. The average molecular weight is 281 g/mol. The number of carbonyl (C=O) groups is 1. The lowest BCUT2D eigenvalue weighted by atomic mass is 10.3. The minimum atomic E-state index is -1.08. The van der Waals surface area contributed by atoms with Gasteiger partial charge < -0.3 is 9.84 Å². The van der Waals surface area contributed by atoms with Gasteiger partial charge >= 0.3 is 12.0 Å². The number of aromatic carboxylic acids is 1. The van der Waals surface area contributed by atoms with Crippen LogP contribution < -0.4 is 4.74 Å². The van der Waals surface area contributed by atoms with Gasteiger partial charge in [-0.15, -0.1) is 0 Å². The summed E-state index contributed by atoms with van der Waals surface area (Å²) in [5, 5.41) is 9.56. The molecule has 0 saturated heterocycles. The minimum Gasteiger partial charge on any atom is -0.476 e. The van der Waals surface area contributed by atoms with Crippen molar-refractivity contribution >= 4 is 17.6 Å². The first-order chi connectivity index (χ1) is 8.97. The maximum atomic E-state index is 10.9. The van der Waals surface area contributed by atoms with Gasteiger partial charge in [0.15, 0.2) is 5.69 Å². The van der Waals surface area contributed by atoms with E-state index in [0.717, 1.165) is 0 Å². The highest BCUT2D eigenvalue weighted by Crippen LogP contribution is 2.25. The first kappa shape index (κ1) is 13.4. The molecule has 0 spiro atoms. The van der Waals surface area contributed by atoms with E-state index in [1.165, 1.54) is 6.20 Å². The molecular formula is C13H13ClN2O3. The van der Waals surface area contributed by atoms with Gasteiger partial charge in [-0.3, -0.25) is 4.57 Å².